The minimum Gasteiger partial charge on any atom is -0.356 e. The van der Waals surface area contributed by atoms with Crippen LogP contribution < -0.4 is 5.32 Å². The third kappa shape index (κ3) is 4.92. The van der Waals surface area contributed by atoms with Crippen LogP contribution in [0.5, 0.6) is 0 Å². The molecule has 1 unspecified atom stereocenters. The number of hydrogen-bond donors (Lipinski definition) is 1. The highest BCUT2D eigenvalue weighted by Gasteiger charge is 2.20. The summed E-state index contributed by atoms with van der Waals surface area (Å²) in [6.07, 6.45) is 9.19. The molecule has 0 bridgehead atoms. The molecule has 1 fully saturated rings. The van der Waals surface area contributed by atoms with Crippen molar-refractivity contribution in [3.8, 4) is 0 Å². The van der Waals surface area contributed by atoms with Gasteiger partial charge in [-0.05, 0) is 25.5 Å². The van der Waals surface area contributed by atoms with Crippen LogP contribution in [0.2, 0.25) is 0 Å². The lowest BCUT2D eigenvalue weighted by molar-refractivity contribution is -0.125. The summed E-state index contributed by atoms with van der Waals surface area (Å²) in [6, 6.07) is 0. The van der Waals surface area contributed by atoms with Gasteiger partial charge >= 0.3 is 0 Å². The predicted octanol–water partition coefficient (Wildman–Crippen LogP) is 2.82. The maximum absolute atomic E-state index is 11.8. The van der Waals surface area contributed by atoms with E-state index in [0.717, 1.165) is 25.8 Å². The van der Waals surface area contributed by atoms with Gasteiger partial charge in [-0.2, -0.15) is 11.8 Å². The van der Waals surface area contributed by atoms with E-state index in [9.17, 15) is 4.79 Å². The molecule has 1 amide bonds. The Balaban J connectivity index is 2.12. The van der Waals surface area contributed by atoms with Crippen molar-refractivity contribution in [2.24, 2.45) is 5.92 Å². The van der Waals surface area contributed by atoms with Gasteiger partial charge < -0.3 is 5.32 Å². The molecule has 0 aromatic heterocycles. The molecule has 0 heterocycles. The molecule has 1 N–H and O–H groups in total. The molecule has 0 aliphatic heterocycles. The molecule has 3 heteroatoms. The van der Waals surface area contributed by atoms with Gasteiger partial charge in [-0.3, -0.25) is 4.79 Å². The largest absolute Gasteiger partial charge is 0.356 e. The molecule has 1 aliphatic carbocycles. The van der Waals surface area contributed by atoms with Crippen LogP contribution in [0.4, 0.5) is 0 Å². The molecule has 0 spiro atoms. The molecule has 0 aromatic rings. The fraction of sp³-hybridized carbons (Fsp3) is 0.917. The first-order valence-corrected chi connectivity index (χ1v) is 7.33. The van der Waals surface area contributed by atoms with E-state index in [1.165, 1.54) is 19.3 Å². The van der Waals surface area contributed by atoms with Crippen LogP contribution in [0, 0.1) is 5.92 Å². The van der Waals surface area contributed by atoms with Crippen molar-refractivity contribution in [2.75, 3.05) is 12.8 Å². The Morgan fingerprint density at radius 1 is 1.40 bits per heavy atom. The summed E-state index contributed by atoms with van der Waals surface area (Å²) < 4.78 is 0. The lowest BCUT2D eigenvalue weighted by Crippen LogP contribution is -2.33. The van der Waals surface area contributed by atoms with E-state index in [4.69, 9.17) is 0 Å². The van der Waals surface area contributed by atoms with Crippen LogP contribution >= 0.6 is 11.8 Å². The van der Waals surface area contributed by atoms with Gasteiger partial charge in [-0.25, -0.2) is 0 Å². The number of carbonyl (C=O) groups is 1. The quantitative estimate of drug-likeness (QED) is 0.785. The Labute approximate surface area is 97.6 Å². The number of rotatable bonds is 5. The second kappa shape index (κ2) is 7.15. The molecule has 2 nitrogen and oxygen atoms in total. The van der Waals surface area contributed by atoms with Crippen LogP contribution in [0.3, 0.4) is 0 Å². The van der Waals surface area contributed by atoms with Crippen molar-refractivity contribution in [1.29, 1.82) is 0 Å². The molecule has 0 aromatic carbocycles. The van der Waals surface area contributed by atoms with Gasteiger partial charge in [-0.15, -0.1) is 0 Å². The van der Waals surface area contributed by atoms with E-state index < -0.39 is 0 Å². The summed E-state index contributed by atoms with van der Waals surface area (Å²) in [5.41, 5.74) is 0. The zero-order valence-corrected chi connectivity index (χ0v) is 10.7. The number of thioether (sulfide) groups is 1. The molecule has 88 valence electrons. The van der Waals surface area contributed by atoms with Crippen molar-refractivity contribution in [3.05, 3.63) is 0 Å². The Morgan fingerprint density at radius 3 is 2.67 bits per heavy atom. The van der Waals surface area contributed by atoms with E-state index in [1.807, 2.05) is 11.8 Å². The first-order chi connectivity index (χ1) is 7.24. The zero-order chi connectivity index (χ0) is 11.1. The van der Waals surface area contributed by atoms with Gasteiger partial charge in [0.05, 0.1) is 0 Å². The summed E-state index contributed by atoms with van der Waals surface area (Å²) in [5.74, 6) is 0.603. The highest BCUT2D eigenvalue weighted by molar-refractivity contribution is 7.99. The maximum atomic E-state index is 11.8. The summed E-state index contributed by atoms with van der Waals surface area (Å²) in [7, 11) is 0. The highest BCUT2D eigenvalue weighted by Crippen LogP contribution is 2.23. The minimum atomic E-state index is 0.294. The number of nitrogens with one attached hydrogen (secondary N) is 1. The van der Waals surface area contributed by atoms with Crippen molar-refractivity contribution in [2.45, 2.75) is 50.7 Å². The number of carbonyl (C=O) groups excluding carboxylic acids is 1. The second-order valence-electron chi connectivity index (χ2n) is 4.46. The molecular weight excluding hydrogens is 206 g/mol. The third-order valence-electron chi connectivity index (χ3n) is 3.23. The summed E-state index contributed by atoms with van der Waals surface area (Å²) in [4.78, 5) is 11.8. The first-order valence-electron chi connectivity index (χ1n) is 6.04. The Kier molecular flexibility index (Phi) is 6.15. The van der Waals surface area contributed by atoms with E-state index in [0.29, 0.717) is 17.1 Å². The smallest absolute Gasteiger partial charge is 0.223 e. The van der Waals surface area contributed by atoms with Crippen LogP contribution in [-0.4, -0.2) is 24.0 Å². The van der Waals surface area contributed by atoms with E-state index >= 15 is 0 Å². The highest BCUT2D eigenvalue weighted by atomic mass is 32.2. The van der Waals surface area contributed by atoms with Gasteiger partial charge in [0, 0.05) is 17.7 Å². The first kappa shape index (κ1) is 12.9. The third-order valence-corrected chi connectivity index (χ3v) is 4.27. The average Bonchev–Trinajstić information content (AvgIpc) is 2.29. The van der Waals surface area contributed by atoms with Crippen LogP contribution in [0.15, 0.2) is 0 Å². The average molecular weight is 229 g/mol. The fourth-order valence-corrected chi connectivity index (χ4v) is 2.38. The Morgan fingerprint density at radius 2 is 2.07 bits per heavy atom. The Bertz CT molecular complexity index is 190. The lowest BCUT2D eigenvalue weighted by atomic mass is 9.89. The van der Waals surface area contributed by atoms with Crippen molar-refractivity contribution in [1.82, 2.24) is 5.32 Å². The number of amides is 1. The molecule has 1 saturated carbocycles. The summed E-state index contributed by atoms with van der Waals surface area (Å²) in [6.45, 7) is 3.05. The molecule has 1 aliphatic rings. The van der Waals surface area contributed by atoms with E-state index in [1.54, 1.807) is 0 Å². The zero-order valence-electron chi connectivity index (χ0n) is 9.92. The van der Waals surface area contributed by atoms with Gasteiger partial charge in [0.15, 0.2) is 0 Å². The molecule has 1 atom stereocenters. The van der Waals surface area contributed by atoms with E-state index in [2.05, 4.69) is 18.5 Å². The van der Waals surface area contributed by atoms with Gasteiger partial charge in [0.25, 0.3) is 0 Å². The fourth-order valence-electron chi connectivity index (χ4n) is 2.03. The van der Waals surface area contributed by atoms with Crippen LogP contribution in [0.25, 0.3) is 0 Å². The van der Waals surface area contributed by atoms with Crippen LogP contribution in [0.1, 0.15) is 45.4 Å². The SMILES string of the molecule is CSC(C)CCNC(=O)C1CCCCC1. The summed E-state index contributed by atoms with van der Waals surface area (Å²) in [5, 5.41) is 3.72. The maximum Gasteiger partial charge on any atom is 0.223 e. The van der Waals surface area contributed by atoms with Gasteiger partial charge in [0.1, 0.15) is 0 Å². The van der Waals surface area contributed by atoms with Crippen molar-refractivity contribution in [3.63, 3.8) is 0 Å². The molecule has 15 heavy (non-hydrogen) atoms. The monoisotopic (exact) mass is 229 g/mol. The minimum absolute atomic E-state index is 0.294. The van der Waals surface area contributed by atoms with Crippen LogP contribution in [-0.2, 0) is 4.79 Å². The van der Waals surface area contributed by atoms with Gasteiger partial charge in [0.2, 0.25) is 5.91 Å². The summed E-state index contributed by atoms with van der Waals surface area (Å²) >= 11 is 1.86. The second-order valence-corrected chi connectivity index (χ2v) is 5.74. The molecule has 1 rings (SSSR count). The van der Waals surface area contributed by atoms with Gasteiger partial charge in [-0.1, -0.05) is 26.2 Å². The molecule has 0 saturated heterocycles. The molecular formula is C12H23NOS. The predicted molar refractivity (Wildman–Crippen MR) is 67.2 cm³/mol. The normalized spacial score (nSPS) is 19.9. The topological polar surface area (TPSA) is 29.1 Å². The Hall–Kier alpha value is -0.180. The lowest BCUT2D eigenvalue weighted by Gasteiger charge is -2.21. The van der Waals surface area contributed by atoms with Crippen molar-refractivity contribution < 1.29 is 4.79 Å². The van der Waals surface area contributed by atoms with Crippen molar-refractivity contribution >= 4 is 17.7 Å². The molecule has 0 radical (unpaired) electrons. The standard InChI is InChI=1S/C12H23NOS/c1-10(15-2)8-9-13-12(14)11-6-4-3-5-7-11/h10-11H,3-9H2,1-2H3,(H,13,14). The van der Waals surface area contributed by atoms with E-state index in [-0.39, 0.29) is 0 Å². The number of hydrogen-bond acceptors (Lipinski definition) is 2.